The third-order valence-corrected chi connectivity index (χ3v) is 2.31. The summed E-state index contributed by atoms with van der Waals surface area (Å²) >= 11 is 0. The molecule has 0 amide bonds. The van der Waals surface area contributed by atoms with Crippen LogP contribution in [0.5, 0.6) is 0 Å². The third-order valence-electron chi connectivity index (χ3n) is 2.31. The Labute approximate surface area is 127 Å². The van der Waals surface area contributed by atoms with Crippen molar-refractivity contribution in [1.29, 1.82) is 0 Å². The Balaban J connectivity index is 0.00000144. The monoisotopic (exact) mass is 254 g/mol. The van der Waals surface area contributed by atoms with Gasteiger partial charge in [-0.25, -0.2) is 0 Å². The number of carbonyl (C=O) groups is 2. The van der Waals surface area contributed by atoms with E-state index in [4.69, 9.17) is 0 Å². The van der Waals surface area contributed by atoms with Crippen molar-refractivity contribution in [3.8, 4) is 0 Å². The zero-order valence-corrected chi connectivity index (χ0v) is 11.0. The van der Waals surface area contributed by atoms with Gasteiger partial charge in [0.2, 0.25) is 0 Å². The van der Waals surface area contributed by atoms with Crippen LogP contribution in [-0.4, -0.2) is 49.7 Å². The molecule has 0 atom stereocenters. The first-order valence-electron chi connectivity index (χ1n) is 4.54. The molecular formula is C12H6CaO4. The Morgan fingerprint density at radius 3 is 1.41 bits per heavy atom. The molecule has 0 N–H and O–H groups in total. The third kappa shape index (κ3) is 2.97. The van der Waals surface area contributed by atoms with Crippen molar-refractivity contribution in [2.24, 2.45) is 0 Å². The summed E-state index contributed by atoms with van der Waals surface area (Å²) in [5, 5.41) is 22.5. The standard InChI is InChI=1S/C12H8O4.Ca/c13-11(14)9-3-1-7-5-10(12(15)16)4-2-8(7)6-9;/h1-6H,(H,13,14)(H,15,16);/q;+2/p-2. The Hall–Kier alpha value is -1.10. The molecule has 4 nitrogen and oxygen atoms in total. The molecule has 80 valence electrons. The number of rotatable bonds is 2. The minimum atomic E-state index is -1.26. The van der Waals surface area contributed by atoms with E-state index in [0.717, 1.165) is 0 Å². The second kappa shape index (κ2) is 5.49. The summed E-state index contributed by atoms with van der Waals surface area (Å²) in [6.45, 7) is 0. The zero-order valence-electron chi connectivity index (χ0n) is 8.80. The Bertz CT molecular complexity index is 539. The predicted molar refractivity (Wildman–Crippen MR) is 58.4 cm³/mol. The van der Waals surface area contributed by atoms with Gasteiger partial charge in [-0.15, -0.1) is 0 Å². The van der Waals surface area contributed by atoms with Gasteiger partial charge in [-0.05, 0) is 34.0 Å². The van der Waals surface area contributed by atoms with Crippen molar-refractivity contribution in [2.45, 2.75) is 0 Å². The van der Waals surface area contributed by atoms with E-state index < -0.39 is 11.9 Å². The van der Waals surface area contributed by atoms with Crippen molar-refractivity contribution in [1.82, 2.24) is 0 Å². The van der Waals surface area contributed by atoms with Gasteiger partial charge in [0.05, 0.1) is 11.9 Å². The maximum Gasteiger partial charge on any atom is 2.00 e. The van der Waals surface area contributed by atoms with Gasteiger partial charge >= 0.3 is 37.7 Å². The number of benzene rings is 2. The SMILES string of the molecule is O=C([O-])c1ccc2cc(C(=O)[O-])ccc2c1.[Ca+2]. The molecule has 0 spiro atoms. The fraction of sp³-hybridized carbons (Fsp3) is 0. The summed E-state index contributed by atoms with van der Waals surface area (Å²) < 4.78 is 0. The van der Waals surface area contributed by atoms with E-state index in [-0.39, 0.29) is 48.9 Å². The fourth-order valence-corrected chi connectivity index (χ4v) is 1.50. The molecule has 0 heterocycles. The normalized spacial score (nSPS) is 9.65. The molecule has 0 saturated heterocycles. The van der Waals surface area contributed by atoms with E-state index in [0.29, 0.717) is 10.8 Å². The second-order valence-electron chi connectivity index (χ2n) is 3.35. The van der Waals surface area contributed by atoms with Crippen LogP contribution in [0, 0.1) is 0 Å². The molecule has 0 aliphatic carbocycles. The Morgan fingerprint density at radius 2 is 1.12 bits per heavy atom. The minimum absolute atomic E-state index is 0. The Morgan fingerprint density at radius 1 is 0.765 bits per heavy atom. The Kier molecular flexibility index (Phi) is 4.51. The molecule has 0 bridgehead atoms. The number of hydrogen-bond acceptors (Lipinski definition) is 4. The molecule has 2 rings (SSSR count). The van der Waals surface area contributed by atoms with E-state index in [1.807, 2.05) is 0 Å². The van der Waals surface area contributed by atoms with Crippen LogP contribution in [0.1, 0.15) is 20.7 Å². The largest absolute Gasteiger partial charge is 2.00 e. The van der Waals surface area contributed by atoms with Crippen molar-refractivity contribution >= 4 is 60.4 Å². The van der Waals surface area contributed by atoms with Crippen LogP contribution in [0.4, 0.5) is 0 Å². The maximum absolute atomic E-state index is 10.6. The fourth-order valence-electron chi connectivity index (χ4n) is 1.50. The molecule has 0 unspecified atom stereocenters. The van der Waals surface area contributed by atoms with Crippen LogP contribution in [0.15, 0.2) is 36.4 Å². The number of carboxylic acid groups (broad SMARTS) is 2. The number of aromatic carboxylic acids is 2. The minimum Gasteiger partial charge on any atom is -0.545 e. The number of carboxylic acids is 2. The summed E-state index contributed by atoms with van der Waals surface area (Å²) in [7, 11) is 0. The molecule has 0 saturated carbocycles. The van der Waals surface area contributed by atoms with Gasteiger partial charge in [-0.2, -0.15) is 0 Å². The van der Waals surface area contributed by atoms with E-state index in [9.17, 15) is 19.8 Å². The number of hydrogen-bond donors (Lipinski definition) is 0. The quantitative estimate of drug-likeness (QED) is 0.656. The molecule has 0 fully saturated rings. The maximum atomic E-state index is 10.6. The molecule has 5 heteroatoms. The molecule has 0 radical (unpaired) electrons. The van der Waals surface area contributed by atoms with Gasteiger partial charge in [0.15, 0.2) is 0 Å². The van der Waals surface area contributed by atoms with Crippen LogP contribution < -0.4 is 10.2 Å². The first-order chi connectivity index (χ1) is 7.58. The van der Waals surface area contributed by atoms with Gasteiger partial charge in [-0.3, -0.25) is 0 Å². The molecule has 0 aliphatic heterocycles. The first kappa shape index (κ1) is 14.0. The van der Waals surface area contributed by atoms with E-state index >= 15 is 0 Å². The summed E-state index contributed by atoms with van der Waals surface area (Å²) in [4.78, 5) is 21.2. The molecule has 2 aromatic carbocycles. The average Bonchev–Trinajstić information content (AvgIpc) is 2.27. The van der Waals surface area contributed by atoms with Gasteiger partial charge in [0.1, 0.15) is 0 Å². The molecular weight excluding hydrogens is 248 g/mol. The van der Waals surface area contributed by atoms with E-state index in [1.165, 1.54) is 36.4 Å². The van der Waals surface area contributed by atoms with Gasteiger partial charge in [-0.1, -0.05) is 24.3 Å². The van der Waals surface area contributed by atoms with Crippen molar-refractivity contribution in [2.75, 3.05) is 0 Å². The summed E-state index contributed by atoms with van der Waals surface area (Å²) in [6, 6.07) is 8.68. The van der Waals surface area contributed by atoms with Crippen molar-refractivity contribution in [3.63, 3.8) is 0 Å². The molecule has 17 heavy (non-hydrogen) atoms. The van der Waals surface area contributed by atoms with Crippen LogP contribution in [0.25, 0.3) is 10.8 Å². The van der Waals surface area contributed by atoms with Crippen molar-refractivity contribution < 1.29 is 19.8 Å². The smallest absolute Gasteiger partial charge is 0.545 e. The van der Waals surface area contributed by atoms with E-state index in [2.05, 4.69) is 0 Å². The summed E-state index contributed by atoms with van der Waals surface area (Å²) in [5.74, 6) is -2.52. The zero-order chi connectivity index (χ0) is 11.7. The van der Waals surface area contributed by atoms with Crippen LogP contribution >= 0.6 is 0 Å². The van der Waals surface area contributed by atoms with Gasteiger partial charge in [0.25, 0.3) is 0 Å². The summed E-state index contributed by atoms with van der Waals surface area (Å²) in [6.07, 6.45) is 0. The second-order valence-corrected chi connectivity index (χ2v) is 3.35. The van der Waals surface area contributed by atoms with Gasteiger partial charge < -0.3 is 19.8 Å². The van der Waals surface area contributed by atoms with Crippen LogP contribution in [-0.2, 0) is 0 Å². The molecule has 0 aromatic heterocycles. The predicted octanol–water partition coefficient (Wildman–Crippen LogP) is -0.814. The number of fused-ring (bicyclic) bond motifs is 1. The molecule has 2 aromatic rings. The first-order valence-corrected chi connectivity index (χ1v) is 4.54. The van der Waals surface area contributed by atoms with Crippen LogP contribution in [0.2, 0.25) is 0 Å². The molecule has 0 aliphatic rings. The summed E-state index contributed by atoms with van der Waals surface area (Å²) in [5.41, 5.74) is 0.127. The number of carbonyl (C=O) groups excluding carboxylic acids is 2. The van der Waals surface area contributed by atoms with Crippen molar-refractivity contribution in [3.05, 3.63) is 47.5 Å². The van der Waals surface area contributed by atoms with E-state index in [1.54, 1.807) is 0 Å². The average molecular weight is 254 g/mol. The van der Waals surface area contributed by atoms with Crippen LogP contribution in [0.3, 0.4) is 0 Å². The van der Waals surface area contributed by atoms with Gasteiger partial charge in [0, 0.05) is 0 Å². The topological polar surface area (TPSA) is 80.3 Å².